The summed E-state index contributed by atoms with van der Waals surface area (Å²) in [5, 5.41) is 16.3. The van der Waals surface area contributed by atoms with E-state index in [9.17, 15) is 9.59 Å². The molecule has 2 N–H and O–H groups in total. The Labute approximate surface area is 154 Å². The smallest absolute Gasteiger partial charge is 0.303 e. The summed E-state index contributed by atoms with van der Waals surface area (Å²) >= 11 is 0. The number of unbranched alkanes of at least 4 members (excludes halogenated alkanes) is 10. The molecule has 150 valence electrons. The number of aliphatic carboxylic acids is 2. The largest absolute Gasteiger partial charge is 0.481 e. The van der Waals surface area contributed by atoms with Gasteiger partial charge in [-0.05, 0) is 39.9 Å². The van der Waals surface area contributed by atoms with Crippen LogP contribution < -0.4 is 0 Å². The highest BCUT2D eigenvalue weighted by molar-refractivity contribution is 5.67. The minimum atomic E-state index is -0.870. The molecular formula is C20H41NO4. The van der Waals surface area contributed by atoms with Crippen LogP contribution >= 0.6 is 0 Å². The van der Waals surface area contributed by atoms with E-state index in [4.69, 9.17) is 10.2 Å². The molecule has 0 atom stereocenters. The first-order chi connectivity index (χ1) is 11.9. The first-order valence-electron chi connectivity index (χ1n) is 9.98. The number of carboxylic acid groups (broad SMARTS) is 2. The molecule has 0 unspecified atom stereocenters. The second-order valence-electron chi connectivity index (χ2n) is 6.98. The third-order valence-electron chi connectivity index (χ3n) is 3.99. The minimum absolute atomic E-state index is 0.0628. The number of hydrogen-bond acceptors (Lipinski definition) is 3. The van der Waals surface area contributed by atoms with Crippen molar-refractivity contribution in [2.24, 2.45) is 0 Å². The lowest BCUT2D eigenvalue weighted by molar-refractivity contribution is -0.139. The van der Waals surface area contributed by atoms with Gasteiger partial charge in [0.1, 0.15) is 0 Å². The molecule has 0 aromatic rings. The van der Waals surface area contributed by atoms with Gasteiger partial charge >= 0.3 is 11.9 Å². The van der Waals surface area contributed by atoms with E-state index in [0.717, 1.165) is 0 Å². The average Bonchev–Trinajstić information content (AvgIpc) is 2.53. The number of carbonyl (C=O) groups is 2. The van der Waals surface area contributed by atoms with E-state index in [2.05, 4.69) is 25.9 Å². The number of hydrogen-bond donors (Lipinski definition) is 2. The van der Waals surface area contributed by atoms with Crippen LogP contribution in [0.25, 0.3) is 0 Å². The quantitative estimate of drug-likeness (QED) is 0.371. The highest BCUT2D eigenvalue weighted by Crippen LogP contribution is 2.10. The summed E-state index contributed by atoms with van der Waals surface area (Å²) in [7, 11) is 4.32. The Bertz CT molecular complexity index is 290. The molecule has 0 saturated carbocycles. The lowest BCUT2D eigenvalue weighted by atomic mass is 10.1. The zero-order valence-electron chi connectivity index (χ0n) is 16.8. The van der Waals surface area contributed by atoms with Crippen molar-refractivity contribution in [1.29, 1.82) is 0 Å². The first-order valence-corrected chi connectivity index (χ1v) is 9.98. The summed E-state index contributed by atoms with van der Waals surface area (Å²) in [5.74, 6) is -1.74. The molecular weight excluding hydrogens is 318 g/mol. The highest BCUT2D eigenvalue weighted by Gasteiger charge is 1.99. The van der Waals surface area contributed by atoms with Crippen molar-refractivity contribution in [3.05, 3.63) is 0 Å². The molecule has 0 bridgehead atoms. The van der Waals surface area contributed by atoms with Crippen LogP contribution in [-0.4, -0.2) is 47.7 Å². The monoisotopic (exact) mass is 359 g/mol. The van der Waals surface area contributed by atoms with E-state index in [1.165, 1.54) is 70.8 Å². The summed E-state index contributed by atoms with van der Waals surface area (Å²) in [6, 6.07) is 0. The number of nitrogens with zero attached hydrogens (tertiary/aromatic N) is 1. The van der Waals surface area contributed by atoms with E-state index in [1.807, 2.05) is 0 Å². The summed E-state index contributed by atoms with van der Waals surface area (Å²) < 4.78 is 0. The summed E-state index contributed by atoms with van der Waals surface area (Å²) in [4.78, 5) is 22.1. The van der Waals surface area contributed by atoms with Crippen molar-refractivity contribution < 1.29 is 19.8 Å². The van der Waals surface area contributed by atoms with Crippen molar-refractivity contribution >= 4 is 11.9 Å². The number of rotatable bonds is 16. The Morgan fingerprint density at radius 1 is 0.640 bits per heavy atom. The fourth-order valence-electron chi connectivity index (χ4n) is 2.47. The van der Waals surface area contributed by atoms with Gasteiger partial charge in [-0.15, -0.1) is 0 Å². The van der Waals surface area contributed by atoms with E-state index in [1.54, 1.807) is 0 Å². The van der Waals surface area contributed by atoms with Crippen LogP contribution in [0.5, 0.6) is 0 Å². The van der Waals surface area contributed by atoms with Gasteiger partial charge in [-0.25, -0.2) is 0 Å². The van der Waals surface area contributed by atoms with Crippen LogP contribution in [0.1, 0.15) is 96.8 Å². The standard InChI is InChI=1S/C14H31N.C6H10O4/c1-4-5-6-7-8-9-10-11-12-13-14-15(2)3;7-5(8)3-1-2-4-6(9)10/h4-14H2,1-3H3;1-4H2,(H,7,8)(H,9,10). The molecule has 0 aliphatic carbocycles. The molecule has 0 saturated heterocycles. The van der Waals surface area contributed by atoms with Crippen LogP contribution in [-0.2, 0) is 9.59 Å². The topological polar surface area (TPSA) is 77.8 Å². The zero-order chi connectivity index (χ0) is 19.3. The molecule has 5 heteroatoms. The molecule has 0 aliphatic rings. The van der Waals surface area contributed by atoms with Crippen LogP contribution in [0.3, 0.4) is 0 Å². The Kier molecular flexibility index (Phi) is 21.9. The highest BCUT2D eigenvalue weighted by atomic mass is 16.4. The van der Waals surface area contributed by atoms with Crippen LogP contribution in [0.15, 0.2) is 0 Å². The molecule has 5 nitrogen and oxygen atoms in total. The first kappa shape index (κ1) is 26.1. The van der Waals surface area contributed by atoms with Crippen molar-refractivity contribution in [2.45, 2.75) is 96.8 Å². The lowest BCUT2D eigenvalue weighted by Crippen LogP contribution is -2.12. The Balaban J connectivity index is 0. The van der Waals surface area contributed by atoms with Gasteiger partial charge in [-0.1, -0.05) is 64.7 Å². The predicted molar refractivity (Wildman–Crippen MR) is 104 cm³/mol. The van der Waals surface area contributed by atoms with Gasteiger partial charge in [0.2, 0.25) is 0 Å². The van der Waals surface area contributed by atoms with E-state index in [-0.39, 0.29) is 12.8 Å². The van der Waals surface area contributed by atoms with Gasteiger partial charge in [-0.3, -0.25) is 9.59 Å². The summed E-state index contributed by atoms with van der Waals surface area (Å²) in [6.07, 6.45) is 15.4. The van der Waals surface area contributed by atoms with Crippen LogP contribution in [0.4, 0.5) is 0 Å². The van der Waals surface area contributed by atoms with E-state index >= 15 is 0 Å². The zero-order valence-corrected chi connectivity index (χ0v) is 16.8. The molecule has 0 spiro atoms. The molecule has 0 aromatic heterocycles. The SMILES string of the molecule is CCCCCCCCCCCCN(C)C.O=C(O)CCCCC(=O)O. The number of carboxylic acids is 2. The molecule has 25 heavy (non-hydrogen) atoms. The van der Waals surface area contributed by atoms with Crippen molar-refractivity contribution in [1.82, 2.24) is 4.90 Å². The van der Waals surface area contributed by atoms with Crippen LogP contribution in [0.2, 0.25) is 0 Å². The minimum Gasteiger partial charge on any atom is -0.481 e. The lowest BCUT2D eigenvalue weighted by Gasteiger charge is -2.08. The van der Waals surface area contributed by atoms with E-state index < -0.39 is 11.9 Å². The fourth-order valence-corrected chi connectivity index (χ4v) is 2.47. The maximum Gasteiger partial charge on any atom is 0.303 e. The Morgan fingerprint density at radius 3 is 1.32 bits per heavy atom. The second-order valence-corrected chi connectivity index (χ2v) is 6.98. The summed E-state index contributed by atoms with van der Waals surface area (Å²) in [5.41, 5.74) is 0. The average molecular weight is 360 g/mol. The van der Waals surface area contributed by atoms with Gasteiger partial charge in [0.15, 0.2) is 0 Å². The molecule has 0 rings (SSSR count). The Morgan fingerprint density at radius 2 is 1.00 bits per heavy atom. The second kappa shape index (κ2) is 20.9. The van der Waals surface area contributed by atoms with Gasteiger partial charge in [0, 0.05) is 12.8 Å². The van der Waals surface area contributed by atoms with Gasteiger partial charge < -0.3 is 15.1 Å². The maximum absolute atomic E-state index is 9.90. The van der Waals surface area contributed by atoms with Gasteiger partial charge in [0.25, 0.3) is 0 Å². The normalized spacial score (nSPS) is 10.4. The van der Waals surface area contributed by atoms with Crippen molar-refractivity contribution in [3.63, 3.8) is 0 Å². The molecule has 0 aromatic carbocycles. The van der Waals surface area contributed by atoms with Crippen LogP contribution in [0, 0.1) is 0 Å². The van der Waals surface area contributed by atoms with Gasteiger partial charge in [0.05, 0.1) is 0 Å². The molecule has 0 radical (unpaired) electrons. The molecule has 0 aliphatic heterocycles. The molecule has 0 fully saturated rings. The third kappa shape index (κ3) is 31.2. The fraction of sp³-hybridized carbons (Fsp3) is 0.900. The third-order valence-corrected chi connectivity index (χ3v) is 3.99. The van der Waals surface area contributed by atoms with Gasteiger partial charge in [-0.2, -0.15) is 0 Å². The van der Waals surface area contributed by atoms with Crippen molar-refractivity contribution in [3.8, 4) is 0 Å². The summed E-state index contributed by atoms with van der Waals surface area (Å²) in [6.45, 7) is 3.54. The predicted octanol–water partition coefficient (Wildman–Crippen LogP) is 5.18. The maximum atomic E-state index is 9.90. The molecule has 0 amide bonds. The molecule has 0 heterocycles. The Hall–Kier alpha value is -1.10. The van der Waals surface area contributed by atoms with E-state index in [0.29, 0.717) is 12.8 Å². The van der Waals surface area contributed by atoms with Crippen molar-refractivity contribution in [2.75, 3.05) is 20.6 Å².